The van der Waals surface area contributed by atoms with E-state index in [4.69, 9.17) is 0 Å². The predicted molar refractivity (Wildman–Crippen MR) is 240 cm³/mol. The number of hydrogen-bond donors (Lipinski definition) is 6. The van der Waals surface area contributed by atoms with Gasteiger partial charge in [0, 0.05) is 18.8 Å². The molecule has 1 aliphatic carbocycles. The van der Waals surface area contributed by atoms with E-state index in [0.29, 0.717) is 24.8 Å². The van der Waals surface area contributed by atoms with Crippen LogP contribution in [0, 0.1) is 24.7 Å². The minimum Gasteiger partial charge on any atom is -0.344 e. The van der Waals surface area contributed by atoms with Crippen LogP contribution in [0.2, 0.25) is 0 Å². The maximum absolute atomic E-state index is 14.1. The summed E-state index contributed by atoms with van der Waals surface area (Å²) in [6.07, 6.45) is 4.13. The van der Waals surface area contributed by atoms with Gasteiger partial charge < -0.3 is 26.6 Å². The molecule has 6 N–H and O–H groups in total. The summed E-state index contributed by atoms with van der Waals surface area (Å²) in [5.74, 6) is -8.15. The van der Waals surface area contributed by atoms with Crippen LogP contribution in [0.3, 0.4) is 0 Å². The highest BCUT2D eigenvalue weighted by molar-refractivity contribution is 7.90. The number of halogens is 2. The van der Waals surface area contributed by atoms with E-state index in [1.54, 1.807) is 32.0 Å². The zero-order valence-corrected chi connectivity index (χ0v) is 38.6. The second-order valence-corrected chi connectivity index (χ2v) is 18.8. The molecule has 0 bridgehead atoms. The molecule has 4 rings (SSSR count). The molecule has 66 heavy (non-hydrogen) atoms. The first-order valence-electron chi connectivity index (χ1n) is 22.1. The van der Waals surface area contributed by atoms with Gasteiger partial charge in [0.1, 0.15) is 29.9 Å². The van der Waals surface area contributed by atoms with Gasteiger partial charge in [0.2, 0.25) is 29.9 Å². The van der Waals surface area contributed by atoms with Gasteiger partial charge >= 0.3 is 0 Å². The van der Waals surface area contributed by atoms with E-state index in [-0.39, 0.29) is 35.3 Å². The van der Waals surface area contributed by atoms with Gasteiger partial charge in [0.15, 0.2) is 0 Å². The highest BCUT2D eigenvalue weighted by Crippen LogP contribution is 2.28. The van der Waals surface area contributed by atoms with Gasteiger partial charge in [0.05, 0.1) is 17.6 Å². The highest BCUT2D eigenvalue weighted by atomic mass is 32.2. The van der Waals surface area contributed by atoms with Crippen molar-refractivity contribution in [1.82, 2.24) is 41.3 Å². The van der Waals surface area contributed by atoms with Crippen molar-refractivity contribution in [3.05, 3.63) is 78.4 Å². The van der Waals surface area contributed by atoms with Crippen molar-refractivity contribution < 1.29 is 50.8 Å². The number of carbonyl (C=O) groups excluding carboxylic acids is 7. The fraction of sp³-hybridized carbons (Fsp3) is 0.500. The third-order valence-electron chi connectivity index (χ3n) is 11.3. The largest absolute Gasteiger partial charge is 0.344 e. The van der Waals surface area contributed by atoms with E-state index in [1.807, 2.05) is 42.9 Å². The third kappa shape index (κ3) is 16.1. The summed E-state index contributed by atoms with van der Waals surface area (Å²) in [6, 6.07) is 7.22. The van der Waals surface area contributed by atoms with Gasteiger partial charge in [-0.1, -0.05) is 108 Å². The standard InChI is InChI=1S/C46H60F2N8O9S/c1-6-29(5)40(55-43(60)35(21-27(2)3)53-44(61)37-25-49-19-20-50-37)45(62)54-36(22-30-11-8-7-9-12-30)42(59)52-34(24-38(47)48)41(58)46(63)51-26-39(57)56-66(64,65)33-14-10-13-32(23-33)31-17-15-28(4)16-18-31/h10,13-20,23,25,27,29-30,34-36,38,40H,6-9,11-12,21-22,24,26H2,1-5H3,(H,51,63)(H,52,59)(H,53,61)(H,54,62)(H,55,60)(H,56,57). The van der Waals surface area contributed by atoms with E-state index in [9.17, 15) is 50.8 Å². The van der Waals surface area contributed by atoms with Gasteiger partial charge in [-0.15, -0.1) is 0 Å². The van der Waals surface area contributed by atoms with Crippen LogP contribution in [-0.4, -0.2) is 96.7 Å². The van der Waals surface area contributed by atoms with Crippen molar-refractivity contribution in [2.75, 3.05) is 6.54 Å². The van der Waals surface area contributed by atoms with E-state index in [1.165, 1.54) is 36.8 Å². The lowest BCUT2D eigenvalue weighted by molar-refractivity contribution is -0.141. The van der Waals surface area contributed by atoms with Crippen molar-refractivity contribution >= 4 is 51.2 Å². The molecule has 20 heteroatoms. The molecule has 0 aliphatic heterocycles. The Morgan fingerprint density at radius 3 is 2.06 bits per heavy atom. The van der Waals surface area contributed by atoms with Crippen molar-refractivity contribution in [3.8, 4) is 11.1 Å². The molecular weight excluding hydrogens is 879 g/mol. The van der Waals surface area contributed by atoms with Crippen LogP contribution in [0.4, 0.5) is 8.78 Å². The van der Waals surface area contributed by atoms with Gasteiger partial charge in [-0.25, -0.2) is 26.9 Å². The van der Waals surface area contributed by atoms with Crippen LogP contribution < -0.4 is 31.3 Å². The third-order valence-corrected chi connectivity index (χ3v) is 12.7. The lowest BCUT2D eigenvalue weighted by Crippen LogP contribution is -2.60. The van der Waals surface area contributed by atoms with Gasteiger partial charge in [0.25, 0.3) is 27.7 Å². The zero-order chi connectivity index (χ0) is 48.6. The number of Topliss-reactive ketones (excluding diaryl/α,β-unsaturated/α-hetero) is 1. The Hall–Kier alpha value is -6.18. The summed E-state index contributed by atoms with van der Waals surface area (Å²) < 4.78 is 55.8. The van der Waals surface area contributed by atoms with Crippen LogP contribution in [0.15, 0.2) is 72.0 Å². The number of alkyl halides is 2. The lowest BCUT2D eigenvalue weighted by Gasteiger charge is -2.31. The Kier molecular flexibility index (Phi) is 19.8. The second kappa shape index (κ2) is 24.9. The molecule has 5 atom stereocenters. The number of rotatable bonds is 23. The second-order valence-electron chi connectivity index (χ2n) is 17.1. The zero-order valence-electron chi connectivity index (χ0n) is 37.8. The molecule has 17 nitrogen and oxygen atoms in total. The van der Waals surface area contributed by atoms with Crippen LogP contribution in [0.5, 0.6) is 0 Å². The van der Waals surface area contributed by atoms with Gasteiger partial charge in [-0.3, -0.25) is 38.5 Å². The van der Waals surface area contributed by atoms with Crippen molar-refractivity contribution in [1.29, 1.82) is 0 Å². The van der Waals surface area contributed by atoms with Gasteiger partial charge in [-0.2, -0.15) is 0 Å². The first kappa shape index (κ1) is 52.4. The number of aromatic nitrogens is 2. The Labute approximate surface area is 383 Å². The summed E-state index contributed by atoms with van der Waals surface area (Å²) in [6.45, 7) is 8.03. The first-order valence-corrected chi connectivity index (χ1v) is 23.6. The van der Waals surface area contributed by atoms with Crippen molar-refractivity contribution in [3.63, 3.8) is 0 Å². The number of amides is 6. The molecule has 6 amide bonds. The molecule has 1 aromatic heterocycles. The predicted octanol–water partition coefficient (Wildman–Crippen LogP) is 3.91. The Morgan fingerprint density at radius 1 is 0.773 bits per heavy atom. The fourth-order valence-corrected chi connectivity index (χ4v) is 8.51. The average Bonchev–Trinajstić information content (AvgIpc) is 3.29. The molecule has 1 fully saturated rings. The summed E-state index contributed by atoms with van der Waals surface area (Å²) in [4.78, 5) is 102. The fourth-order valence-electron chi connectivity index (χ4n) is 7.48. The molecule has 358 valence electrons. The molecule has 2 aromatic carbocycles. The van der Waals surface area contributed by atoms with Crippen LogP contribution in [0.1, 0.15) is 102 Å². The molecule has 1 saturated carbocycles. The highest BCUT2D eigenvalue weighted by Gasteiger charge is 2.37. The number of nitrogens with one attached hydrogen (secondary N) is 6. The molecule has 0 spiro atoms. The molecule has 0 saturated heterocycles. The average molecular weight is 939 g/mol. The minimum absolute atomic E-state index is 0.0271. The monoisotopic (exact) mass is 938 g/mol. The molecule has 1 aliphatic rings. The number of sulfonamides is 1. The molecule has 0 radical (unpaired) electrons. The number of ketones is 1. The maximum Gasteiger partial charge on any atom is 0.290 e. The SMILES string of the molecule is CCC(C)C(NC(=O)C(CC(C)C)NC(=O)c1cnccn1)C(=O)NC(CC1CCCCC1)C(=O)NC(CC(F)F)C(=O)C(=O)NCC(=O)NS(=O)(=O)c1cccc(-c2ccc(C)cc2)c1. The quantitative estimate of drug-likeness (QED) is 0.0744. The molecule has 5 unspecified atom stereocenters. The normalized spacial score (nSPS) is 15.3. The summed E-state index contributed by atoms with van der Waals surface area (Å²) in [5.41, 5.74) is 2.23. The van der Waals surface area contributed by atoms with Crippen molar-refractivity contribution in [2.24, 2.45) is 17.8 Å². The van der Waals surface area contributed by atoms with E-state index >= 15 is 0 Å². The lowest BCUT2D eigenvalue weighted by atomic mass is 9.84. The van der Waals surface area contributed by atoms with Gasteiger partial charge in [-0.05, 0) is 60.8 Å². The Bertz CT molecular complexity index is 2280. The molecular formula is C46H60F2N8O9S. The maximum atomic E-state index is 14.1. The first-order chi connectivity index (χ1) is 31.3. The summed E-state index contributed by atoms with van der Waals surface area (Å²) in [7, 11) is -4.46. The van der Waals surface area contributed by atoms with E-state index in [0.717, 1.165) is 30.4 Å². The van der Waals surface area contributed by atoms with Crippen LogP contribution in [0.25, 0.3) is 11.1 Å². The van der Waals surface area contributed by atoms with Crippen molar-refractivity contribution in [2.45, 2.75) is 128 Å². The summed E-state index contributed by atoms with van der Waals surface area (Å²) >= 11 is 0. The number of aryl methyl sites for hydroxylation is 1. The summed E-state index contributed by atoms with van der Waals surface area (Å²) in [5, 5.41) is 12.2. The Balaban J connectivity index is 1.46. The van der Waals surface area contributed by atoms with Crippen LogP contribution >= 0.6 is 0 Å². The van der Waals surface area contributed by atoms with E-state index < -0.39 is 101 Å². The molecule has 1 heterocycles. The number of nitrogens with zero attached hydrogens (tertiary/aromatic N) is 2. The number of carbonyl (C=O) groups is 7. The number of hydrogen-bond acceptors (Lipinski definition) is 11. The van der Waals surface area contributed by atoms with E-state index in [2.05, 4.69) is 31.2 Å². The smallest absolute Gasteiger partial charge is 0.290 e. The topological polar surface area (TPSA) is 252 Å². The number of benzene rings is 2. The minimum atomic E-state index is -4.46. The molecule has 3 aromatic rings. The Morgan fingerprint density at radius 2 is 1.44 bits per heavy atom. The van der Waals surface area contributed by atoms with Crippen LogP contribution in [-0.2, 0) is 38.8 Å².